The minimum absolute atomic E-state index is 0.239. The van der Waals surface area contributed by atoms with Crippen molar-refractivity contribution in [3.05, 3.63) is 23.4 Å². The number of oxime groups is 1. The maximum atomic E-state index is 12.8. The molecule has 2 fully saturated rings. The zero-order valence-corrected chi connectivity index (χ0v) is 16.9. The molecule has 0 aromatic carbocycles. The molecule has 2 saturated carbocycles. The number of hydrogen-bond donors (Lipinski definition) is 1. The van der Waals surface area contributed by atoms with Gasteiger partial charge in [0, 0.05) is 19.7 Å². The lowest BCUT2D eigenvalue weighted by Crippen LogP contribution is -2.54. The highest BCUT2D eigenvalue weighted by molar-refractivity contribution is 5.99. The van der Waals surface area contributed by atoms with Crippen LogP contribution in [-0.4, -0.2) is 54.3 Å². The fraction of sp³-hybridized carbons (Fsp3) is 0.600. The average molecular weight is 388 g/mol. The molecule has 0 bridgehead atoms. The summed E-state index contributed by atoms with van der Waals surface area (Å²) < 4.78 is 5.94. The number of pyridine rings is 1. The average Bonchev–Trinajstić information content (AvgIpc) is 3.53. The van der Waals surface area contributed by atoms with Gasteiger partial charge in [0.15, 0.2) is 5.84 Å². The van der Waals surface area contributed by atoms with Gasteiger partial charge in [-0.3, -0.25) is 9.59 Å². The summed E-state index contributed by atoms with van der Waals surface area (Å²) in [6.07, 6.45) is 4.67. The van der Waals surface area contributed by atoms with Crippen LogP contribution in [0.1, 0.15) is 61.5 Å². The molecule has 28 heavy (non-hydrogen) atoms. The van der Waals surface area contributed by atoms with Crippen molar-refractivity contribution in [3.8, 4) is 5.88 Å². The minimum Gasteiger partial charge on any atom is -0.477 e. The monoisotopic (exact) mass is 388 g/mol. The van der Waals surface area contributed by atoms with Gasteiger partial charge in [-0.25, -0.2) is 4.98 Å². The van der Waals surface area contributed by atoms with Crippen LogP contribution in [0, 0.1) is 5.92 Å². The van der Waals surface area contributed by atoms with Crippen molar-refractivity contribution in [2.75, 3.05) is 20.7 Å². The number of rotatable bonds is 9. The van der Waals surface area contributed by atoms with Crippen LogP contribution in [0.25, 0.3) is 0 Å². The van der Waals surface area contributed by atoms with E-state index in [2.05, 4.69) is 20.3 Å². The molecule has 2 aliphatic carbocycles. The summed E-state index contributed by atoms with van der Waals surface area (Å²) >= 11 is 0. The molecule has 1 aromatic heterocycles. The Balaban J connectivity index is 1.76. The molecule has 2 aliphatic rings. The molecule has 152 valence electrons. The van der Waals surface area contributed by atoms with Crippen LogP contribution >= 0.6 is 0 Å². The quantitative estimate of drug-likeness (QED) is 0.229. The number of hydrogen-bond acceptors (Lipinski definition) is 6. The lowest BCUT2D eigenvalue weighted by Gasteiger charge is -2.31. The van der Waals surface area contributed by atoms with Crippen molar-refractivity contribution in [1.29, 1.82) is 0 Å². The van der Waals surface area contributed by atoms with Crippen LogP contribution in [0.4, 0.5) is 0 Å². The SMILES string of the molecule is CN(C)/C(=N\OC=O)C(C)(C)NC(=O)c1ccc(C2CC2)c(OCC2CC2)n1. The standard InChI is InChI=1S/C20H28N4O4/c1-20(2,19(24(3)4)23-28-12-25)22-17(26)16-10-9-15(14-7-8-14)18(21-16)27-11-13-5-6-13/h9-10,12-14H,5-8,11H2,1-4H3,(H,22,26)/b23-19-. The second kappa shape index (κ2) is 8.16. The number of carbonyl (C=O) groups excluding carboxylic acids is 2. The predicted octanol–water partition coefficient (Wildman–Crippen LogP) is 2.30. The first kappa shape index (κ1) is 20.1. The molecule has 0 radical (unpaired) electrons. The van der Waals surface area contributed by atoms with Crippen LogP contribution in [0.2, 0.25) is 0 Å². The van der Waals surface area contributed by atoms with E-state index in [0.29, 0.717) is 30.2 Å². The highest BCUT2D eigenvalue weighted by atomic mass is 16.7. The van der Waals surface area contributed by atoms with E-state index >= 15 is 0 Å². The smallest absolute Gasteiger partial charge is 0.323 e. The summed E-state index contributed by atoms with van der Waals surface area (Å²) in [7, 11) is 3.51. The second-order valence-corrected chi connectivity index (χ2v) is 8.21. The molecule has 1 amide bonds. The molecule has 0 unspecified atom stereocenters. The van der Waals surface area contributed by atoms with E-state index in [-0.39, 0.29) is 18.1 Å². The molecule has 1 aromatic rings. The zero-order valence-electron chi connectivity index (χ0n) is 16.9. The molecule has 1 N–H and O–H groups in total. The third-order valence-corrected chi connectivity index (χ3v) is 4.88. The number of carbonyl (C=O) groups is 2. The fourth-order valence-corrected chi connectivity index (χ4v) is 3.11. The lowest BCUT2D eigenvalue weighted by molar-refractivity contribution is -0.128. The van der Waals surface area contributed by atoms with Gasteiger partial charge in [-0.2, -0.15) is 0 Å². The van der Waals surface area contributed by atoms with Crippen molar-refractivity contribution in [3.63, 3.8) is 0 Å². The highest BCUT2D eigenvalue weighted by Gasteiger charge is 2.33. The summed E-state index contributed by atoms with van der Waals surface area (Å²) in [4.78, 5) is 34.1. The summed E-state index contributed by atoms with van der Waals surface area (Å²) in [6.45, 7) is 4.45. The topological polar surface area (TPSA) is 93.1 Å². The van der Waals surface area contributed by atoms with Crippen LogP contribution in [0.3, 0.4) is 0 Å². The number of nitrogens with zero attached hydrogens (tertiary/aromatic N) is 3. The van der Waals surface area contributed by atoms with Crippen molar-refractivity contribution in [2.45, 2.75) is 51.0 Å². The normalized spacial score (nSPS) is 17.1. The van der Waals surface area contributed by atoms with E-state index in [9.17, 15) is 9.59 Å². The predicted molar refractivity (Wildman–Crippen MR) is 104 cm³/mol. The van der Waals surface area contributed by atoms with Gasteiger partial charge < -0.3 is 19.8 Å². The zero-order chi connectivity index (χ0) is 20.3. The molecular weight excluding hydrogens is 360 g/mol. The van der Waals surface area contributed by atoms with Gasteiger partial charge in [-0.15, -0.1) is 0 Å². The van der Waals surface area contributed by atoms with Crippen LogP contribution in [0.5, 0.6) is 5.88 Å². The Morgan fingerprint density at radius 1 is 1.32 bits per heavy atom. The van der Waals surface area contributed by atoms with Gasteiger partial charge in [0.05, 0.1) is 12.1 Å². The summed E-state index contributed by atoms with van der Waals surface area (Å²) in [5.41, 5.74) is 0.499. The molecule has 8 heteroatoms. The van der Waals surface area contributed by atoms with Gasteiger partial charge in [0.2, 0.25) is 5.88 Å². The number of nitrogens with one attached hydrogen (secondary N) is 1. The largest absolute Gasteiger partial charge is 0.477 e. The van der Waals surface area contributed by atoms with E-state index in [1.165, 1.54) is 12.8 Å². The number of aromatic nitrogens is 1. The first-order valence-electron chi connectivity index (χ1n) is 9.63. The van der Waals surface area contributed by atoms with Crippen molar-refractivity contribution >= 4 is 18.2 Å². The second-order valence-electron chi connectivity index (χ2n) is 8.21. The summed E-state index contributed by atoms with van der Waals surface area (Å²) in [5.74, 6) is 1.73. The van der Waals surface area contributed by atoms with Gasteiger partial charge in [-0.05, 0) is 57.4 Å². The van der Waals surface area contributed by atoms with Gasteiger partial charge in [0.25, 0.3) is 5.91 Å². The van der Waals surface area contributed by atoms with E-state index in [1.54, 1.807) is 38.9 Å². The van der Waals surface area contributed by atoms with Crippen molar-refractivity contribution in [2.24, 2.45) is 11.1 Å². The Hall–Kier alpha value is -2.64. The lowest BCUT2D eigenvalue weighted by atomic mass is 10.0. The fourth-order valence-electron chi connectivity index (χ4n) is 3.11. The Morgan fingerprint density at radius 3 is 2.61 bits per heavy atom. The Morgan fingerprint density at radius 2 is 2.04 bits per heavy atom. The van der Waals surface area contributed by atoms with E-state index < -0.39 is 5.54 Å². The molecule has 0 saturated heterocycles. The van der Waals surface area contributed by atoms with Crippen LogP contribution in [0.15, 0.2) is 17.3 Å². The minimum atomic E-state index is -0.879. The Labute approximate surface area is 165 Å². The maximum absolute atomic E-state index is 12.8. The number of amides is 1. The number of likely N-dealkylation sites (N-methyl/N-ethyl adjacent to an activating group) is 1. The molecule has 1 heterocycles. The van der Waals surface area contributed by atoms with E-state index in [1.807, 2.05) is 6.07 Å². The first-order chi connectivity index (χ1) is 13.3. The molecule has 0 atom stereocenters. The first-order valence-corrected chi connectivity index (χ1v) is 9.63. The third-order valence-electron chi connectivity index (χ3n) is 4.88. The molecule has 3 rings (SSSR count). The molecular formula is C20H28N4O4. The summed E-state index contributed by atoms with van der Waals surface area (Å²) in [5, 5.41) is 6.70. The number of amidine groups is 1. The molecule has 8 nitrogen and oxygen atoms in total. The highest BCUT2D eigenvalue weighted by Crippen LogP contribution is 2.44. The van der Waals surface area contributed by atoms with Crippen molar-refractivity contribution in [1.82, 2.24) is 15.2 Å². The third kappa shape index (κ3) is 4.99. The van der Waals surface area contributed by atoms with Gasteiger partial charge in [0.1, 0.15) is 5.69 Å². The van der Waals surface area contributed by atoms with Gasteiger partial charge in [-0.1, -0.05) is 11.2 Å². The van der Waals surface area contributed by atoms with Crippen LogP contribution in [-0.2, 0) is 9.63 Å². The Kier molecular flexibility index (Phi) is 5.86. The van der Waals surface area contributed by atoms with Crippen LogP contribution < -0.4 is 10.1 Å². The molecule has 0 spiro atoms. The summed E-state index contributed by atoms with van der Waals surface area (Å²) in [6, 6.07) is 3.68. The number of ether oxygens (including phenoxy) is 1. The van der Waals surface area contributed by atoms with Gasteiger partial charge >= 0.3 is 6.47 Å². The van der Waals surface area contributed by atoms with Crippen molar-refractivity contribution < 1.29 is 19.2 Å². The van der Waals surface area contributed by atoms with E-state index in [4.69, 9.17) is 4.74 Å². The maximum Gasteiger partial charge on any atom is 0.323 e. The van der Waals surface area contributed by atoms with E-state index in [0.717, 1.165) is 18.4 Å². The Bertz CT molecular complexity index is 767. The molecule has 0 aliphatic heterocycles.